The molecule has 0 amide bonds. The van der Waals surface area contributed by atoms with Crippen molar-refractivity contribution in [3.63, 3.8) is 0 Å². The Morgan fingerprint density at radius 1 is 1.18 bits per heavy atom. The zero-order chi connectivity index (χ0) is 23.3. The lowest BCUT2D eigenvalue weighted by molar-refractivity contribution is -0.138. The molecule has 2 aromatic heterocycles. The number of alkyl halides is 3. The molecule has 1 N–H and O–H groups in total. The molecule has 5 rings (SSSR count). The number of hydrogen-bond donors (Lipinski definition) is 1. The molecule has 2 atom stereocenters. The van der Waals surface area contributed by atoms with E-state index in [-0.39, 0.29) is 23.7 Å². The van der Waals surface area contributed by atoms with E-state index >= 15 is 0 Å². The summed E-state index contributed by atoms with van der Waals surface area (Å²) in [5, 5.41) is 19.8. The van der Waals surface area contributed by atoms with E-state index in [2.05, 4.69) is 37.2 Å². The molecule has 4 heterocycles. The summed E-state index contributed by atoms with van der Waals surface area (Å²) in [6.07, 6.45) is -2.29. The maximum absolute atomic E-state index is 14.0. The van der Waals surface area contributed by atoms with Crippen molar-refractivity contribution in [1.29, 1.82) is 5.26 Å². The van der Waals surface area contributed by atoms with Crippen LogP contribution in [-0.4, -0.2) is 69.0 Å². The van der Waals surface area contributed by atoms with E-state index in [1.54, 1.807) is 19.1 Å². The standard InChI is InChI=1S/C23H24F3N7.ClH/c1-13-20(28-19(10-27)22-21(13)29-31-30-22)15-6-5-14(18(8-15)23(24,25)26)4-3-7-33-12-16-9-17(33)11-32(16)2;/h5-6,8,16-17H,3-4,7,9,11-12H2,1-2H3,(H,29,30,31);1H/t16-,17-;/m0./s1. The second-order valence-electron chi connectivity index (χ2n) is 9.02. The van der Waals surface area contributed by atoms with Gasteiger partial charge in [-0.1, -0.05) is 12.1 Å². The van der Waals surface area contributed by atoms with Crippen molar-refractivity contribution in [2.75, 3.05) is 26.7 Å². The molecule has 0 spiro atoms. The summed E-state index contributed by atoms with van der Waals surface area (Å²) < 4.78 is 41.9. The SMILES string of the molecule is Cc1c(-c2ccc(CCCN3C[C@@H]4C[C@H]3CN4C)c(C(F)(F)F)c2)nc(C#N)c2n[nH]nc12.Cl. The van der Waals surface area contributed by atoms with Crippen LogP contribution in [0.1, 0.15) is 35.2 Å². The predicted molar refractivity (Wildman–Crippen MR) is 124 cm³/mol. The fourth-order valence-corrected chi connectivity index (χ4v) is 5.28. The maximum atomic E-state index is 14.0. The van der Waals surface area contributed by atoms with Crippen LogP contribution in [0.15, 0.2) is 18.2 Å². The Morgan fingerprint density at radius 2 is 1.94 bits per heavy atom. The minimum absolute atomic E-state index is 0. The zero-order valence-corrected chi connectivity index (χ0v) is 19.7. The third kappa shape index (κ3) is 4.24. The third-order valence-electron chi connectivity index (χ3n) is 7.02. The van der Waals surface area contributed by atoms with E-state index < -0.39 is 11.7 Å². The largest absolute Gasteiger partial charge is 0.416 e. The molecule has 180 valence electrons. The number of aromatic amines is 1. The van der Waals surface area contributed by atoms with Crippen molar-refractivity contribution in [2.45, 2.75) is 44.4 Å². The van der Waals surface area contributed by atoms with Gasteiger partial charge in [0.05, 0.1) is 11.3 Å². The van der Waals surface area contributed by atoms with E-state index in [1.165, 1.54) is 0 Å². The summed E-state index contributed by atoms with van der Waals surface area (Å²) >= 11 is 0. The minimum Gasteiger partial charge on any atom is -0.301 e. The third-order valence-corrected chi connectivity index (χ3v) is 7.02. The van der Waals surface area contributed by atoms with Crippen LogP contribution < -0.4 is 0 Å². The van der Waals surface area contributed by atoms with Gasteiger partial charge in [0.2, 0.25) is 0 Å². The number of nitrogens with one attached hydrogen (secondary N) is 1. The Bertz CT molecular complexity index is 1250. The highest BCUT2D eigenvalue weighted by Gasteiger charge is 2.41. The number of pyridine rings is 1. The van der Waals surface area contributed by atoms with Crippen LogP contribution in [0.2, 0.25) is 0 Å². The molecule has 2 saturated heterocycles. The van der Waals surface area contributed by atoms with Crippen molar-refractivity contribution in [2.24, 2.45) is 0 Å². The number of halogens is 4. The van der Waals surface area contributed by atoms with Gasteiger partial charge in [0.1, 0.15) is 17.1 Å². The second kappa shape index (κ2) is 9.13. The van der Waals surface area contributed by atoms with Gasteiger partial charge in [-0.2, -0.15) is 33.8 Å². The summed E-state index contributed by atoms with van der Waals surface area (Å²) in [6.45, 7) is 4.57. The van der Waals surface area contributed by atoms with Crippen LogP contribution in [0.3, 0.4) is 0 Å². The summed E-state index contributed by atoms with van der Waals surface area (Å²) in [7, 11) is 2.13. The van der Waals surface area contributed by atoms with E-state index in [1.807, 2.05) is 6.07 Å². The van der Waals surface area contributed by atoms with Gasteiger partial charge in [-0.05, 0) is 51.4 Å². The molecule has 0 aliphatic carbocycles. The molecule has 0 saturated carbocycles. The molecule has 2 aliphatic rings. The Hall–Kier alpha value is -2.74. The first-order valence-corrected chi connectivity index (χ1v) is 11.0. The highest BCUT2D eigenvalue weighted by Crippen LogP contribution is 2.37. The molecule has 2 bridgehead atoms. The highest BCUT2D eigenvalue weighted by atomic mass is 35.5. The average molecular weight is 492 g/mol. The predicted octanol–water partition coefficient (Wildman–Crippen LogP) is 3.96. The van der Waals surface area contributed by atoms with Gasteiger partial charge in [0.15, 0.2) is 5.69 Å². The molecule has 11 heteroatoms. The van der Waals surface area contributed by atoms with Gasteiger partial charge in [-0.25, -0.2) is 4.98 Å². The quantitative estimate of drug-likeness (QED) is 0.581. The molecule has 1 aromatic carbocycles. The lowest BCUT2D eigenvalue weighted by atomic mass is 9.96. The number of aromatic nitrogens is 4. The second-order valence-corrected chi connectivity index (χ2v) is 9.02. The molecular formula is C23H25ClF3N7. The summed E-state index contributed by atoms with van der Waals surface area (Å²) in [5.41, 5.74) is 1.60. The molecule has 0 unspecified atom stereocenters. The lowest BCUT2D eigenvalue weighted by Crippen LogP contribution is -2.44. The average Bonchev–Trinajstić information content (AvgIpc) is 3.50. The van der Waals surface area contributed by atoms with Crippen LogP contribution in [-0.2, 0) is 12.6 Å². The van der Waals surface area contributed by atoms with Crippen molar-refractivity contribution in [1.82, 2.24) is 30.2 Å². The van der Waals surface area contributed by atoms with Crippen molar-refractivity contribution < 1.29 is 13.2 Å². The number of aryl methyl sites for hydroxylation is 2. The zero-order valence-electron chi connectivity index (χ0n) is 18.9. The van der Waals surface area contributed by atoms with Gasteiger partial charge >= 0.3 is 6.18 Å². The van der Waals surface area contributed by atoms with E-state index in [9.17, 15) is 18.4 Å². The Labute approximate surface area is 201 Å². The Morgan fingerprint density at radius 3 is 2.59 bits per heavy atom. The van der Waals surface area contributed by atoms with E-state index in [0.29, 0.717) is 52.8 Å². The molecule has 2 aliphatic heterocycles. The monoisotopic (exact) mass is 491 g/mol. The van der Waals surface area contributed by atoms with E-state index in [4.69, 9.17) is 0 Å². The Balaban J connectivity index is 0.00000274. The summed E-state index contributed by atoms with van der Waals surface area (Å²) in [6, 6.07) is 7.40. The van der Waals surface area contributed by atoms with Crippen LogP contribution in [0.4, 0.5) is 13.2 Å². The number of benzene rings is 1. The smallest absolute Gasteiger partial charge is 0.301 e. The topological polar surface area (TPSA) is 84.7 Å². The number of rotatable bonds is 5. The number of nitriles is 1. The molecule has 2 fully saturated rings. The first-order valence-electron chi connectivity index (χ1n) is 11.0. The van der Waals surface area contributed by atoms with Crippen molar-refractivity contribution >= 4 is 23.4 Å². The number of fused-ring (bicyclic) bond motifs is 3. The van der Waals surface area contributed by atoms with Crippen molar-refractivity contribution in [3.8, 4) is 17.3 Å². The first kappa shape index (κ1) is 24.4. The first-order chi connectivity index (χ1) is 15.8. The number of hydrogen-bond acceptors (Lipinski definition) is 6. The fraction of sp³-hybridized carbons (Fsp3) is 0.478. The normalized spacial score (nSPS) is 20.6. The number of likely N-dealkylation sites (tertiary alicyclic amines) is 2. The maximum Gasteiger partial charge on any atom is 0.416 e. The number of piperazine rings is 1. The van der Waals surface area contributed by atoms with Crippen LogP contribution in [0, 0.1) is 18.3 Å². The number of likely N-dealkylation sites (N-methyl/N-ethyl adjacent to an activating group) is 1. The van der Waals surface area contributed by atoms with Gasteiger partial charge in [-0.3, -0.25) is 4.90 Å². The summed E-state index contributed by atoms with van der Waals surface area (Å²) in [5.74, 6) is 0. The van der Waals surface area contributed by atoms with Gasteiger partial charge < -0.3 is 4.90 Å². The number of nitrogens with zero attached hydrogens (tertiary/aromatic N) is 6. The lowest BCUT2D eigenvalue weighted by Gasteiger charge is -2.31. The molecule has 0 radical (unpaired) electrons. The molecular weight excluding hydrogens is 467 g/mol. The summed E-state index contributed by atoms with van der Waals surface area (Å²) in [4.78, 5) is 9.07. The van der Waals surface area contributed by atoms with Crippen molar-refractivity contribution in [3.05, 3.63) is 40.6 Å². The fourth-order valence-electron chi connectivity index (χ4n) is 5.28. The Kier molecular flexibility index (Phi) is 6.55. The van der Waals surface area contributed by atoms with Gasteiger partial charge in [0.25, 0.3) is 0 Å². The molecule has 34 heavy (non-hydrogen) atoms. The van der Waals surface area contributed by atoms with Gasteiger partial charge in [0, 0.05) is 36.3 Å². The van der Waals surface area contributed by atoms with Crippen LogP contribution >= 0.6 is 12.4 Å². The van der Waals surface area contributed by atoms with Crippen LogP contribution in [0.5, 0.6) is 0 Å². The van der Waals surface area contributed by atoms with Gasteiger partial charge in [-0.15, -0.1) is 12.4 Å². The number of H-pyrrole nitrogens is 1. The minimum atomic E-state index is -4.48. The van der Waals surface area contributed by atoms with E-state index in [0.717, 1.165) is 32.1 Å². The molecule has 7 nitrogen and oxygen atoms in total. The highest BCUT2D eigenvalue weighted by molar-refractivity contribution is 5.87. The van der Waals surface area contributed by atoms with Crippen LogP contribution in [0.25, 0.3) is 22.3 Å². The molecule has 3 aromatic rings.